The molecule has 0 atom stereocenters. The van der Waals surface area contributed by atoms with Crippen molar-refractivity contribution in [3.05, 3.63) is 40.2 Å². The van der Waals surface area contributed by atoms with Crippen molar-refractivity contribution in [2.24, 2.45) is 0 Å². The largest absolute Gasteiger partial charge is 0.476 e. The summed E-state index contributed by atoms with van der Waals surface area (Å²) < 4.78 is 58.0. The number of rotatable bonds is 5. The smallest absolute Gasteiger partial charge is 0.419 e. The zero-order valence-corrected chi connectivity index (χ0v) is 18.3. The summed E-state index contributed by atoms with van der Waals surface area (Å²) in [5, 5.41) is 2.68. The molecule has 1 fully saturated rings. The Morgan fingerprint density at radius 2 is 1.87 bits per heavy atom. The maximum absolute atomic E-state index is 13.5. The van der Waals surface area contributed by atoms with Crippen LogP contribution < -0.4 is 5.32 Å². The molecule has 0 saturated heterocycles. The van der Waals surface area contributed by atoms with Crippen LogP contribution in [0.25, 0.3) is 0 Å². The molecule has 1 saturated carbocycles. The van der Waals surface area contributed by atoms with Gasteiger partial charge in [-0.2, -0.15) is 13.2 Å². The number of benzene rings is 1. The summed E-state index contributed by atoms with van der Waals surface area (Å²) in [7, 11) is 0. The van der Waals surface area contributed by atoms with E-state index < -0.39 is 29.0 Å². The van der Waals surface area contributed by atoms with Crippen LogP contribution in [0.3, 0.4) is 0 Å². The van der Waals surface area contributed by atoms with Crippen molar-refractivity contribution in [2.75, 3.05) is 12.0 Å². The normalized spacial score (nSPS) is 18.4. The maximum Gasteiger partial charge on any atom is 0.419 e. The molecule has 2 amide bonds. The lowest BCUT2D eigenvalue weighted by Gasteiger charge is -2.40. The number of nitrogens with one attached hydrogen (secondary N) is 1. The molecule has 0 unspecified atom stereocenters. The fourth-order valence-electron chi connectivity index (χ4n) is 3.51. The summed E-state index contributed by atoms with van der Waals surface area (Å²) in [5.41, 5.74) is -3.12. The Balaban J connectivity index is 1.78. The molecule has 3 rings (SSSR count). The molecule has 1 aromatic carbocycles. The molecule has 5 nitrogen and oxygen atoms in total. The van der Waals surface area contributed by atoms with E-state index >= 15 is 0 Å². The minimum Gasteiger partial charge on any atom is -0.476 e. The van der Waals surface area contributed by atoms with Crippen molar-refractivity contribution in [3.63, 3.8) is 0 Å². The predicted octanol–water partition coefficient (Wildman–Crippen LogP) is 5.29. The van der Waals surface area contributed by atoms with Crippen LogP contribution in [0.1, 0.15) is 52.0 Å². The van der Waals surface area contributed by atoms with Crippen molar-refractivity contribution >= 4 is 29.3 Å². The second-order valence-electron chi connectivity index (χ2n) is 8.12. The molecule has 31 heavy (non-hydrogen) atoms. The molecule has 1 N–H and O–H groups in total. The number of alkyl halides is 3. The SMILES string of the molecule is CC1=C(SC2CCCC2)C(=O)N(C(C)(C)C(=O)Nc2ccc(F)c(C(F)(F)F)c2)CO1. The van der Waals surface area contributed by atoms with E-state index in [1.807, 2.05) is 0 Å². The van der Waals surface area contributed by atoms with Crippen molar-refractivity contribution in [3.8, 4) is 0 Å². The molecule has 0 radical (unpaired) electrons. The summed E-state index contributed by atoms with van der Waals surface area (Å²) in [6.07, 6.45) is -0.677. The fourth-order valence-corrected chi connectivity index (χ4v) is 4.85. The van der Waals surface area contributed by atoms with Crippen molar-refractivity contribution in [2.45, 2.75) is 63.4 Å². The average molecular weight is 460 g/mol. The van der Waals surface area contributed by atoms with Gasteiger partial charge in [0.25, 0.3) is 5.91 Å². The Bertz CT molecular complexity index is 908. The molecule has 10 heteroatoms. The number of ether oxygens (including phenoxy) is 1. The van der Waals surface area contributed by atoms with E-state index in [-0.39, 0.29) is 18.3 Å². The Labute approximate surface area is 182 Å². The third-order valence-corrected chi connectivity index (χ3v) is 7.02. The molecule has 170 valence electrons. The third kappa shape index (κ3) is 4.99. The van der Waals surface area contributed by atoms with Gasteiger partial charge in [-0.05, 0) is 51.8 Å². The number of halogens is 4. The molecule has 0 spiro atoms. The van der Waals surface area contributed by atoms with Crippen LogP contribution in [0.15, 0.2) is 28.9 Å². The number of hydrogen-bond donors (Lipinski definition) is 1. The van der Waals surface area contributed by atoms with Crippen LogP contribution in [-0.2, 0) is 20.5 Å². The minimum atomic E-state index is -4.90. The van der Waals surface area contributed by atoms with E-state index in [4.69, 9.17) is 4.74 Å². The second kappa shape index (κ2) is 8.72. The lowest BCUT2D eigenvalue weighted by molar-refractivity contribution is -0.148. The quantitative estimate of drug-likeness (QED) is 0.607. The number of anilines is 1. The third-order valence-electron chi connectivity index (χ3n) is 5.52. The topological polar surface area (TPSA) is 58.6 Å². The van der Waals surface area contributed by atoms with E-state index in [1.54, 1.807) is 6.92 Å². The van der Waals surface area contributed by atoms with E-state index in [2.05, 4.69) is 5.32 Å². The first kappa shape index (κ1) is 23.4. The van der Waals surface area contributed by atoms with Gasteiger partial charge in [0, 0.05) is 10.9 Å². The van der Waals surface area contributed by atoms with Crippen molar-refractivity contribution in [1.29, 1.82) is 0 Å². The molecule has 2 aliphatic rings. The Morgan fingerprint density at radius 1 is 1.23 bits per heavy atom. The van der Waals surface area contributed by atoms with Gasteiger partial charge in [0.1, 0.15) is 22.0 Å². The number of amides is 2. The Morgan fingerprint density at radius 3 is 2.48 bits per heavy atom. The molecule has 1 aliphatic heterocycles. The number of nitrogens with zero attached hydrogens (tertiary/aromatic N) is 1. The fraction of sp³-hybridized carbons (Fsp3) is 0.524. The van der Waals surface area contributed by atoms with Gasteiger partial charge in [0.2, 0.25) is 5.91 Å². The van der Waals surface area contributed by atoms with Crippen molar-refractivity contribution < 1.29 is 31.9 Å². The summed E-state index contributed by atoms with van der Waals surface area (Å²) in [6, 6.07) is 2.21. The predicted molar refractivity (Wildman–Crippen MR) is 109 cm³/mol. The number of carbonyl (C=O) groups excluding carboxylic acids is 2. The highest BCUT2D eigenvalue weighted by Gasteiger charge is 2.43. The van der Waals surface area contributed by atoms with Gasteiger partial charge in [0.15, 0.2) is 6.73 Å². The number of thioether (sulfide) groups is 1. The van der Waals surface area contributed by atoms with Gasteiger partial charge in [-0.25, -0.2) is 4.39 Å². The van der Waals surface area contributed by atoms with Crippen LogP contribution in [0, 0.1) is 5.82 Å². The van der Waals surface area contributed by atoms with Gasteiger partial charge in [-0.3, -0.25) is 14.5 Å². The first-order valence-corrected chi connectivity index (χ1v) is 10.8. The van der Waals surface area contributed by atoms with Crippen LogP contribution in [0.2, 0.25) is 0 Å². The van der Waals surface area contributed by atoms with Crippen LogP contribution in [0.4, 0.5) is 23.2 Å². The summed E-state index contributed by atoms with van der Waals surface area (Å²) in [5.74, 6) is -1.99. The second-order valence-corrected chi connectivity index (χ2v) is 9.43. The Kier molecular flexibility index (Phi) is 6.59. The monoisotopic (exact) mass is 460 g/mol. The zero-order valence-electron chi connectivity index (χ0n) is 17.4. The Hall–Kier alpha value is -2.23. The molecular formula is C21H24F4N2O3S. The summed E-state index contributed by atoms with van der Waals surface area (Å²) in [4.78, 5) is 27.7. The first-order chi connectivity index (χ1) is 14.4. The van der Waals surface area contributed by atoms with E-state index in [1.165, 1.54) is 30.5 Å². The molecule has 1 heterocycles. The molecule has 1 aliphatic carbocycles. The average Bonchev–Trinajstić information content (AvgIpc) is 3.18. The highest BCUT2D eigenvalue weighted by atomic mass is 32.2. The summed E-state index contributed by atoms with van der Waals surface area (Å²) in [6.45, 7) is 4.51. The molecular weight excluding hydrogens is 436 g/mol. The zero-order chi connectivity index (χ0) is 23.0. The molecule has 0 aromatic heterocycles. The van der Waals surface area contributed by atoms with Crippen molar-refractivity contribution in [1.82, 2.24) is 4.90 Å². The first-order valence-electron chi connectivity index (χ1n) is 9.91. The lowest BCUT2D eigenvalue weighted by Crippen LogP contribution is -2.57. The van der Waals surface area contributed by atoms with Gasteiger partial charge in [-0.1, -0.05) is 12.8 Å². The van der Waals surface area contributed by atoms with Crippen LogP contribution >= 0.6 is 11.8 Å². The van der Waals surface area contributed by atoms with Gasteiger partial charge in [0.05, 0.1) is 5.56 Å². The number of allylic oxidation sites excluding steroid dienone is 1. The molecule has 1 aromatic rings. The van der Waals surface area contributed by atoms with E-state index in [9.17, 15) is 27.2 Å². The van der Waals surface area contributed by atoms with E-state index in [0.29, 0.717) is 28.0 Å². The van der Waals surface area contributed by atoms with Gasteiger partial charge >= 0.3 is 6.18 Å². The van der Waals surface area contributed by atoms with Gasteiger partial charge < -0.3 is 10.1 Å². The minimum absolute atomic E-state index is 0.156. The molecule has 0 bridgehead atoms. The maximum atomic E-state index is 13.5. The highest BCUT2D eigenvalue weighted by Crippen LogP contribution is 2.39. The standard InChI is InChI=1S/C21H24F4N2O3S/c1-12-17(31-14-6-4-5-7-14)18(28)27(11-30-12)20(2,3)19(29)26-13-8-9-16(22)15(10-13)21(23,24)25/h8-10,14H,4-7,11H2,1-3H3,(H,26,29). The van der Waals surface area contributed by atoms with Crippen LogP contribution in [0.5, 0.6) is 0 Å². The lowest BCUT2D eigenvalue weighted by atomic mass is 10.0. The van der Waals surface area contributed by atoms with E-state index in [0.717, 1.165) is 31.7 Å². The highest BCUT2D eigenvalue weighted by molar-refractivity contribution is 8.04. The number of hydrogen-bond acceptors (Lipinski definition) is 4. The van der Waals surface area contributed by atoms with Crippen LogP contribution in [-0.4, -0.2) is 34.2 Å². The van der Waals surface area contributed by atoms with Gasteiger partial charge in [-0.15, -0.1) is 11.8 Å². The summed E-state index contributed by atoms with van der Waals surface area (Å²) >= 11 is 1.45. The number of carbonyl (C=O) groups is 2.